The number of benzene rings is 2. The van der Waals surface area contributed by atoms with Gasteiger partial charge in [0.1, 0.15) is 0 Å². The molecule has 4 rings (SSSR count). The summed E-state index contributed by atoms with van der Waals surface area (Å²) < 4.78 is 2.94. The monoisotopic (exact) mass is 377 g/mol. The van der Waals surface area contributed by atoms with Crippen LogP contribution >= 0.6 is 0 Å². The Labute approximate surface area is 162 Å². The number of nitrogens with one attached hydrogen (secondary N) is 1. The molecule has 1 aliphatic rings. The maximum absolute atomic E-state index is 13.0. The van der Waals surface area contributed by atoms with E-state index in [9.17, 15) is 14.4 Å². The van der Waals surface area contributed by atoms with Gasteiger partial charge < -0.3 is 5.32 Å². The lowest BCUT2D eigenvalue weighted by molar-refractivity contribution is 0.0951. The fourth-order valence-corrected chi connectivity index (χ4v) is 3.38. The molecule has 0 saturated heterocycles. The van der Waals surface area contributed by atoms with Crippen molar-refractivity contribution in [2.24, 2.45) is 0 Å². The maximum atomic E-state index is 13.0. The van der Waals surface area contributed by atoms with Crippen molar-refractivity contribution in [2.75, 3.05) is 0 Å². The van der Waals surface area contributed by atoms with Gasteiger partial charge in [0.25, 0.3) is 11.5 Å². The van der Waals surface area contributed by atoms with Crippen LogP contribution < -0.4 is 16.6 Å². The van der Waals surface area contributed by atoms with Gasteiger partial charge in [-0.05, 0) is 49.1 Å². The van der Waals surface area contributed by atoms with Gasteiger partial charge in [-0.3, -0.25) is 18.7 Å². The first-order chi connectivity index (χ1) is 13.6. The van der Waals surface area contributed by atoms with Crippen LogP contribution in [0.3, 0.4) is 0 Å². The van der Waals surface area contributed by atoms with E-state index < -0.39 is 0 Å². The summed E-state index contributed by atoms with van der Waals surface area (Å²) in [7, 11) is 0. The second-order valence-electron chi connectivity index (χ2n) is 7.29. The summed E-state index contributed by atoms with van der Waals surface area (Å²) in [6.07, 6.45) is 2.80. The molecule has 1 aromatic heterocycles. The molecule has 0 aliphatic heterocycles. The van der Waals surface area contributed by atoms with Crippen LogP contribution in [0.25, 0.3) is 10.9 Å². The molecule has 0 bridgehead atoms. The van der Waals surface area contributed by atoms with Crippen LogP contribution in [-0.2, 0) is 13.1 Å². The second-order valence-corrected chi connectivity index (χ2v) is 7.29. The third kappa shape index (κ3) is 3.50. The van der Waals surface area contributed by atoms with E-state index in [-0.39, 0.29) is 17.2 Å². The standard InChI is InChI=1S/C22H23N3O3/c1-2-13-24-21(27)18-5-3-4-6-19(18)25(22(24)28)14-15-7-9-16(10-8-15)20(26)23-17-11-12-17/h3-10,17H,2,11-14H2,1H3,(H,23,26). The highest BCUT2D eigenvalue weighted by atomic mass is 16.2. The van der Waals surface area contributed by atoms with Gasteiger partial charge in [0.15, 0.2) is 0 Å². The van der Waals surface area contributed by atoms with E-state index in [0.29, 0.717) is 42.0 Å². The summed E-state index contributed by atoms with van der Waals surface area (Å²) in [4.78, 5) is 37.8. The first-order valence-electron chi connectivity index (χ1n) is 9.70. The molecule has 6 nitrogen and oxygen atoms in total. The zero-order chi connectivity index (χ0) is 19.7. The molecule has 1 fully saturated rings. The molecule has 1 heterocycles. The minimum atomic E-state index is -0.305. The number of carbonyl (C=O) groups is 1. The SMILES string of the molecule is CCCn1c(=O)c2ccccc2n(Cc2ccc(C(=O)NC3CC3)cc2)c1=O. The lowest BCUT2D eigenvalue weighted by Gasteiger charge is -2.14. The average molecular weight is 377 g/mol. The molecule has 1 saturated carbocycles. The normalized spacial score (nSPS) is 13.6. The summed E-state index contributed by atoms with van der Waals surface area (Å²) in [5, 5.41) is 3.51. The molecule has 144 valence electrons. The molecule has 1 N–H and O–H groups in total. The molecule has 2 aromatic carbocycles. The third-order valence-corrected chi connectivity index (χ3v) is 5.05. The number of hydrogen-bond donors (Lipinski definition) is 1. The smallest absolute Gasteiger partial charge is 0.331 e. The molecule has 6 heteroatoms. The first kappa shape index (κ1) is 18.2. The number of hydrogen-bond acceptors (Lipinski definition) is 3. The largest absolute Gasteiger partial charge is 0.349 e. The van der Waals surface area contributed by atoms with Crippen LogP contribution in [0.15, 0.2) is 58.1 Å². The first-order valence-corrected chi connectivity index (χ1v) is 9.70. The highest BCUT2D eigenvalue weighted by molar-refractivity contribution is 5.94. The second kappa shape index (κ2) is 7.46. The number of amides is 1. The predicted octanol–water partition coefficient (Wildman–Crippen LogP) is 2.51. The Hall–Kier alpha value is -3.15. The predicted molar refractivity (Wildman–Crippen MR) is 109 cm³/mol. The number of fused-ring (bicyclic) bond motifs is 1. The molecule has 0 radical (unpaired) electrons. The Morgan fingerprint density at radius 2 is 1.75 bits per heavy atom. The molecule has 0 unspecified atom stereocenters. The van der Waals surface area contributed by atoms with Crippen molar-refractivity contribution in [3.05, 3.63) is 80.5 Å². The number of rotatable bonds is 6. The van der Waals surface area contributed by atoms with Crippen molar-refractivity contribution in [2.45, 2.75) is 45.3 Å². The van der Waals surface area contributed by atoms with Gasteiger partial charge in [0.2, 0.25) is 0 Å². The molecular formula is C22H23N3O3. The van der Waals surface area contributed by atoms with Crippen LogP contribution in [0.4, 0.5) is 0 Å². The van der Waals surface area contributed by atoms with Crippen LogP contribution in [0.2, 0.25) is 0 Å². The van der Waals surface area contributed by atoms with Crippen LogP contribution in [-0.4, -0.2) is 21.1 Å². The highest BCUT2D eigenvalue weighted by Gasteiger charge is 2.23. The zero-order valence-corrected chi connectivity index (χ0v) is 15.9. The quantitative estimate of drug-likeness (QED) is 0.717. The minimum absolute atomic E-state index is 0.0619. The average Bonchev–Trinajstić information content (AvgIpc) is 3.53. The molecule has 3 aromatic rings. The van der Waals surface area contributed by atoms with Gasteiger partial charge in [-0.15, -0.1) is 0 Å². The van der Waals surface area contributed by atoms with E-state index in [4.69, 9.17) is 0 Å². The zero-order valence-electron chi connectivity index (χ0n) is 15.9. The molecule has 0 spiro atoms. The number of nitrogens with zero attached hydrogens (tertiary/aromatic N) is 2. The molecule has 1 aliphatic carbocycles. The lowest BCUT2D eigenvalue weighted by atomic mass is 10.1. The van der Waals surface area contributed by atoms with E-state index in [2.05, 4.69) is 5.32 Å². The van der Waals surface area contributed by atoms with Gasteiger partial charge in [-0.1, -0.05) is 31.2 Å². The summed E-state index contributed by atoms with van der Waals surface area (Å²) >= 11 is 0. The van der Waals surface area contributed by atoms with E-state index in [0.717, 1.165) is 18.4 Å². The number of aromatic nitrogens is 2. The summed E-state index contributed by atoms with van der Waals surface area (Å²) in [5.41, 5.74) is 1.59. The van der Waals surface area contributed by atoms with Crippen molar-refractivity contribution in [3.63, 3.8) is 0 Å². The summed E-state index contributed by atoms with van der Waals surface area (Å²) in [6.45, 7) is 2.67. The van der Waals surface area contributed by atoms with Crippen molar-refractivity contribution in [3.8, 4) is 0 Å². The van der Waals surface area contributed by atoms with Gasteiger partial charge in [0.05, 0.1) is 17.4 Å². The molecule has 0 atom stereocenters. The van der Waals surface area contributed by atoms with E-state index in [1.54, 1.807) is 28.8 Å². The van der Waals surface area contributed by atoms with Crippen molar-refractivity contribution < 1.29 is 4.79 Å². The van der Waals surface area contributed by atoms with Gasteiger partial charge in [0, 0.05) is 18.2 Å². The Kier molecular flexibility index (Phi) is 4.86. The Bertz CT molecular complexity index is 1140. The summed E-state index contributed by atoms with van der Waals surface area (Å²) in [6, 6.07) is 14.8. The Balaban J connectivity index is 1.70. The van der Waals surface area contributed by atoms with Crippen LogP contribution in [0, 0.1) is 0 Å². The fourth-order valence-electron chi connectivity index (χ4n) is 3.38. The lowest BCUT2D eigenvalue weighted by Crippen LogP contribution is -2.40. The number of carbonyl (C=O) groups excluding carboxylic acids is 1. The van der Waals surface area contributed by atoms with E-state index >= 15 is 0 Å². The van der Waals surface area contributed by atoms with Crippen molar-refractivity contribution in [1.82, 2.24) is 14.5 Å². The Morgan fingerprint density at radius 3 is 2.43 bits per heavy atom. The fraction of sp³-hybridized carbons (Fsp3) is 0.318. The van der Waals surface area contributed by atoms with Crippen molar-refractivity contribution in [1.29, 1.82) is 0 Å². The minimum Gasteiger partial charge on any atom is -0.349 e. The third-order valence-electron chi connectivity index (χ3n) is 5.05. The van der Waals surface area contributed by atoms with Crippen LogP contribution in [0.5, 0.6) is 0 Å². The van der Waals surface area contributed by atoms with Gasteiger partial charge in [-0.25, -0.2) is 4.79 Å². The topological polar surface area (TPSA) is 73.1 Å². The number of para-hydroxylation sites is 1. The van der Waals surface area contributed by atoms with Crippen LogP contribution in [0.1, 0.15) is 42.1 Å². The maximum Gasteiger partial charge on any atom is 0.331 e. The molecule has 28 heavy (non-hydrogen) atoms. The van der Waals surface area contributed by atoms with Gasteiger partial charge >= 0.3 is 5.69 Å². The van der Waals surface area contributed by atoms with Crippen molar-refractivity contribution >= 4 is 16.8 Å². The highest BCUT2D eigenvalue weighted by Crippen LogP contribution is 2.19. The van der Waals surface area contributed by atoms with E-state index in [1.165, 1.54) is 4.57 Å². The Morgan fingerprint density at radius 1 is 1.04 bits per heavy atom. The molecule has 1 amide bonds. The van der Waals surface area contributed by atoms with Gasteiger partial charge in [-0.2, -0.15) is 0 Å². The molecular weight excluding hydrogens is 354 g/mol. The van der Waals surface area contributed by atoms with E-state index in [1.807, 2.05) is 31.2 Å². The summed E-state index contributed by atoms with van der Waals surface area (Å²) in [5.74, 6) is -0.0619.